The van der Waals surface area contributed by atoms with Gasteiger partial charge in [-0.3, -0.25) is 4.90 Å². The molecule has 1 aliphatic rings. The van der Waals surface area contributed by atoms with Crippen LogP contribution in [0.4, 0.5) is 0 Å². The van der Waals surface area contributed by atoms with E-state index in [-0.39, 0.29) is 11.7 Å². The molecule has 1 N–H and O–H groups in total. The Morgan fingerprint density at radius 2 is 1.95 bits per heavy atom. The molecule has 1 aromatic carbocycles. The molecule has 5 heteroatoms. The van der Waals surface area contributed by atoms with Crippen molar-refractivity contribution in [1.29, 1.82) is 0 Å². The molecule has 0 spiro atoms. The molecule has 1 aliphatic heterocycles. The molecule has 1 heterocycles. The number of esters is 1. The van der Waals surface area contributed by atoms with Gasteiger partial charge < -0.3 is 14.6 Å². The zero-order valence-corrected chi connectivity index (χ0v) is 10.9. The first-order valence-corrected chi connectivity index (χ1v) is 6.52. The van der Waals surface area contributed by atoms with E-state index >= 15 is 0 Å². The fourth-order valence-corrected chi connectivity index (χ4v) is 1.96. The predicted octanol–water partition coefficient (Wildman–Crippen LogP) is 1.27. The van der Waals surface area contributed by atoms with Crippen LogP contribution in [0.1, 0.15) is 16.8 Å². The molecule has 0 aromatic heterocycles. The van der Waals surface area contributed by atoms with E-state index in [0.717, 1.165) is 39.3 Å². The van der Waals surface area contributed by atoms with Crippen molar-refractivity contribution in [2.75, 3.05) is 39.5 Å². The molecule has 1 fully saturated rings. The number of phenols is 1. The molecular weight excluding hydrogens is 246 g/mol. The lowest BCUT2D eigenvalue weighted by atomic mass is 10.2. The topological polar surface area (TPSA) is 59.0 Å². The largest absolute Gasteiger partial charge is 0.508 e. The van der Waals surface area contributed by atoms with Gasteiger partial charge in [-0.1, -0.05) is 0 Å². The Morgan fingerprint density at radius 1 is 1.26 bits per heavy atom. The fourth-order valence-electron chi connectivity index (χ4n) is 1.96. The fraction of sp³-hybridized carbons (Fsp3) is 0.500. The van der Waals surface area contributed by atoms with Crippen LogP contribution >= 0.6 is 0 Å². The Bertz CT molecular complexity index is 398. The lowest BCUT2D eigenvalue weighted by Gasteiger charge is -2.26. The minimum atomic E-state index is -0.345. The first-order valence-electron chi connectivity index (χ1n) is 6.52. The number of rotatable bonds is 5. The van der Waals surface area contributed by atoms with E-state index in [1.807, 2.05) is 0 Å². The minimum Gasteiger partial charge on any atom is -0.508 e. The first-order chi connectivity index (χ1) is 9.25. The normalized spacial score (nSPS) is 16.2. The van der Waals surface area contributed by atoms with Crippen molar-refractivity contribution in [1.82, 2.24) is 4.90 Å². The van der Waals surface area contributed by atoms with Gasteiger partial charge in [0.05, 0.1) is 25.4 Å². The molecule has 0 aliphatic carbocycles. The molecule has 1 aromatic rings. The molecule has 0 atom stereocenters. The third-order valence-electron chi connectivity index (χ3n) is 3.06. The highest BCUT2D eigenvalue weighted by molar-refractivity contribution is 5.89. The summed E-state index contributed by atoms with van der Waals surface area (Å²) in [6, 6.07) is 6.06. The van der Waals surface area contributed by atoms with Gasteiger partial charge in [0, 0.05) is 19.6 Å². The highest BCUT2D eigenvalue weighted by Gasteiger charge is 2.10. The maximum absolute atomic E-state index is 11.7. The first kappa shape index (κ1) is 13.8. The van der Waals surface area contributed by atoms with Gasteiger partial charge in [0.1, 0.15) is 5.75 Å². The van der Waals surface area contributed by atoms with E-state index < -0.39 is 0 Å². The Kier molecular flexibility index (Phi) is 5.18. The average molecular weight is 265 g/mol. The van der Waals surface area contributed by atoms with Crippen LogP contribution in [0.25, 0.3) is 0 Å². The van der Waals surface area contributed by atoms with Crippen LogP contribution in [0.2, 0.25) is 0 Å². The van der Waals surface area contributed by atoms with Crippen LogP contribution in [0.15, 0.2) is 24.3 Å². The number of aromatic hydroxyl groups is 1. The standard InChI is InChI=1S/C14H19NO4/c16-13-4-2-12(3-5-13)14(17)19-9-1-6-15-7-10-18-11-8-15/h2-5,16H,1,6-11H2. The molecule has 0 radical (unpaired) electrons. The summed E-state index contributed by atoms with van der Waals surface area (Å²) in [5.74, 6) is -0.203. The van der Waals surface area contributed by atoms with Gasteiger partial charge in [-0.25, -0.2) is 4.79 Å². The van der Waals surface area contributed by atoms with Crippen LogP contribution < -0.4 is 0 Å². The molecule has 0 bridgehead atoms. The molecule has 0 amide bonds. The van der Waals surface area contributed by atoms with E-state index in [2.05, 4.69) is 4.90 Å². The second-order valence-electron chi connectivity index (χ2n) is 4.49. The van der Waals surface area contributed by atoms with Gasteiger partial charge in [-0.2, -0.15) is 0 Å². The van der Waals surface area contributed by atoms with Crippen LogP contribution in [-0.2, 0) is 9.47 Å². The smallest absolute Gasteiger partial charge is 0.338 e. The van der Waals surface area contributed by atoms with Crippen molar-refractivity contribution in [2.24, 2.45) is 0 Å². The quantitative estimate of drug-likeness (QED) is 0.642. The number of phenolic OH excluding ortho intramolecular Hbond substituents is 1. The summed E-state index contributed by atoms with van der Waals surface area (Å²) in [6.45, 7) is 4.81. The summed E-state index contributed by atoms with van der Waals surface area (Å²) in [7, 11) is 0. The zero-order chi connectivity index (χ0) is 13.5. The van der Waals surface area contributed by atoms with E-state index in [4.69, 9.17) is 14.6 Å². The van der Waals surface area contributed by atoms with E-state index in [0.29, 0.717) is 12.2 Å². The van der Waals surface area contributed by atoms with Crippen molar-refractivity contribution in [3.63, 3.8) is 0 Å². The van der Waals surface area contributed by atoms with Crippen LogP contribution in [-0.4, -0.2) is 55.4 Å². The Hall–Kier alpha value is -1.59. The van der Waals surface area contributed by atoms with E-state index in [1.165, 1.54) is 12.1 Å². The lowest BCUT2D eigenvalue weighted by Crippen LogP contribution is -2.37. The van der Waals surface area contributed by atoms with Crippen molar-refractivity contribution in [2.45, 2.75) is 6.42 Å². The van der Waals surface area contributed by atoms with Gasteiger partial charge in [0.15, 0.2) is 0 Å². The van der Waals surface area contributed by atoms with Crippen LogP contribution in [0.3, 0.4) is 0 Å². The Labute approximate surface area is 112 Å². The average Bonchev–Trinajstić information content (AvgIpc) is 2.45. The van der Waals surface area contributed by atoms with Crippen molar-refractivity contribution in [3.05, 3.63) is 29.8 Å². The van der Waals surface area contributed by atoms with Crippen LogP contribution in [0.5, 0.6) is 5.75 Å². The third-order valence-corrected chi connectivity index (χ3v) is 3.06. The number of carbonyl (C=O) groups is 1. The lowest BCUT2D eigenvalue weighted by molar-refractivity contribution is 0.0298. The number of morpholine rings is 1. The summed E-state index contributed by atoms with van der Waals surface area (Å²) in [5.41, 5.74) is 0.462. The van der Waals surface area contributed by atoms with Gasteiger partial charge in [0.25, 0.3) is 0 Å². The summed E-state index contributed by atoms with van der Waals surface area (Å²) >= 11 is 0. The highest BCUT2D eigenvalue weighted by Crippen LogP contribution is 2.10. The van der Waals surface area contributed by atoms with E-state index in [9.17, 15) is 4.79 Å². The van der Waals surface area contributed by atoms with Gasteiger partial charge >= 0.3 is 5.97 Å². The van der Waals surface area contributed by atoms with Gasteiger partial charge in [0.2, 0.25) is 0 Å². The molecule has 0 saturated carbocycles. The summed E-state index contributed by atoms with van der Waals surface area (Å²) in [4.78, 5) is 14.0. The number of ether oxygens (including phenoxy) is 2. The number of nitrogens with zero attached hydrogens (tertiary/aromatic N) is 1. The molecular formula is C14H19NO4. The predicted molar refractivity (Wildman–Crippen MR) is 70.3 cm³/mol. The minimum absolute atomic E-state index is 0.142. The summed E-state index contributed by atoms with van der Waals surface area (Å²) in [5, 5.41) is 9.13. The molecule has 5 nitrogen and oxygen atoms in total. The maximum atomic E-state index is 11.7. The van der Waals surface area contributed by atoms with Crippen molar-refractivity contribution < 1.29 is 19.4 Å². The second-order valence-corrected chi connectivity index (χ2v) is 4.49. The van der Waals surface area contributed by atoms with Crippen molar-refractivity contribution >= 4 is 5.97 Å². The van der Waals surface area contributed by atoms with E-state index in [1.54, 1.807) is 12.1 Å². The molecule has 0 unspecified atom stereocenters. The SMILES string of the molecule is O=C(OCCCN1CCOCC1)c1ccc(O)cc1. The monoisotopic (exact) mass is 265 g/mol. The molecule has 1 saturated heterocycles. The Morgan fingerprint density at radius 3 is 2.63 bits per heavy atom. The van der Waals surface area contributed by atoms with Gasteiger partial charge in [-0.15, -0.1) is 0 Å². The van der Waals surface area contributed by atoms with Crippen LogP contribution in [0, 0.1) is 0 Å². The third kappa shape index (κ3) is 4.54. The number of hydrogen-bond acceptors (Lipinski definition) is 5. The maximum Gasteiger partial charge on any atom is 0.338 e. The zero-order valence-electron chi connectivity index (χ0n) is 10.9. The molecule has 19 heavy (non-hydrogen) atoms. The second kappa shape index (κ2) is 7.11. The van der Waals surface area contributed by atoms with Crippen molar-refractivity contribution in [3.8, 4) is 5.75 Å². The Balaban J connectivity index is 1.64. The number of carbonyl (C=O) groups excluding carboxylic acids is 1. The van der Waals surface area contributed by atoms with Gasteiger partial charge in [-0.05, 0) is 30.7 Å². The number of benzene rings is 1. The highest BCUT2D eigenvalue weighted by atomic mass is 16.5. The summed E-state index contributed by atoms with van der Waals surface area (Å²) in [6.07, 6.45) is 0.823. The summed E-state index contributed by atoms with van der Waals surface area (Å²) < 4.78 is 10.4. The number of hydrogen-bond donors (Lipinski definition) is 1. The molecule has 2 rings (SSSR count). The molecule has 104 valence electrons.